The predicted molar refractivity (Wildman–Crippen MR) is 122 cm³/mol. The van der Waals surface area contributed by atoms with Gasteiger partial charge in [-0.1, -0.05) is 38.1 Å². The van der Waals surface area contributed by atoms with Crippen LogP contribution in [0, 0.1) is 0 Å². The first kappa shape index (κ1) is 21.2. The van der Waals surface area contributed by atoms with Gasteiger partial charge in [0.05, 0.1) is 17.5 Å². The van der Waals surface area contributed by atoms with Crippen molar-refractivity contribution in [3.05, 3.63) is 102 Å². The summed E-state index contributed by atoms with van der Waals surface area (Å²) in [6.07, 6.45) is 6.84. The highest BCUT2D eigenvalue weighted by Crippen LogP contribution is 2.22. The van der Waals surface area contributed by atoms with Gasteiger partial charge in [0, 0.05) is 30.7 Å². The van der Waals surface area contributed by atoms with Crippen LogP contribution in [0.1, 0.15) is 46.9 Å². The first-order valence-corrected chi connectivity index (χ1v) is 10.5. The zero-order valence-electron chi connectivity index (χ0n) is 18.1. The topological polar surface area (TPSA) is 81.9 Å². The van der Waals surface area contributed by atoms with Crippen molar-refractivity contribution < 1.29 is 9.53 Å². The maximum atomic E-state index is 12.9. The molecule has 0 bridgehead atoms. The Morgan fingerprint density at radius 2 is 1.84 bits per heavy atom. The van der Waals surface area contributed by atoms with E-state index < -0.39 is 0 Å². The predicted octanol–water partition coefficient (Wildman–Crippen LogP) is 4.29. The van der Waals surface area contributed by atoms with Gasteiger partial charge in [-0.15, -0.1) is 0 Å². The van der Waals surface area contributed by atoms with Crippen LogP contribution in [0.3, 0.4) is 0 Å². The van der Waals surface area contributed by atoms with Crippen molar-refractivity contribution in [3.63, 3.8) is 0 Å². The Bertz CT molecular complexity index is 1160. The third-order valence-electron chi connectivity index (χ3n) is 4.97. The van der Waals surface area contributed by atoms with Gasteiger partial charge in [-0.25, -0.2) is 9.67 Å². The maximum Gasteiger partial charge on any atom is 0.255 e. The van der Waals surface area contributed by atoms with E-state index in [-0.39, 0.29) is 11.8 Å². The number of pyridine rings is 2. The van der Waals surface area contributed by atoms with Crippen molar-refractivity contribution in [2.75, 3.05) is 0 Å². The summed E-state index contributed by atoms with van der Waals surface area (Å²) < 4.78 is 7.51. The molecule has 7 nitrogen and oxygen atoms in total. The average molecular weight is 428 g/mol. The lowest BCUT2D eigenvalue weighted by atomic mass is 10.1. The molecule has 162 valence electrons. The molecule has 0 aliphatic rings. The van der Waals surface area contributed by atoms with E-state index in [9.17, 15) is 4.79 Å². The zero-order chi connectivity index (χ0) is 22.3. The van der Waals surface area contributed by atoms with Crippen LogP contribution in [0.2, 0.25) is 0 Å². The van der Waals surface area contributed by atoms with Crippen molar-refractivity contribution in [3.8, 4) is 11.6 Å². The van der Waals surface area contributed by atoms with Crippen LogP contribution < -0.4 is 10.1 Å². The number of carbonyl (C=O) groups excluding carboxylic acids is 1. The first-order valence-electron chi connectivity index (χ1n) is 10.5. The summed E-state index contributed by atoms with van der Waals surface area (Å²) in [5, 5.41) is 7.40. The molecule has 0 atom stereocenters. The van der Waals surface area contributed by atoms with Crippen LogP contribution in [0.4, 0.5) is 0 Å². The molecule has 7 heteroatoms. The molecule has 0 spiro atoms. The van der Waals surface area contributed by atoms with Crippen LogP contribution in [-0.4, -0.2) is 25.7 Å². The van der Waals surface area contributed by atoms with Crippen LogP contribution in [0.15, 0.2) is 79.4 Å². The second-order valence-corrected chi connectivity index (χ2v) is 7.67. The summed E-state index contributed by atoms with van der Waals surface area (Å²) in [7, 11) is 0. The molecule has 1 aromatic carbocycles. The Morgan fingerprint density at radius 3 is 2.53 bits per heavy atom. The van der Waals surface area contributed by atoms with Gasteiger partial charge in [0.1, 0.15) is 12.4 Å². The molecular formula is C25H25N5O2. The van der Waals surface area contributed by atoms with Gasteiger partial charge in [-0.2, -0.15) is 5.10 Å². The molecule has 0 unspecified atom stereocenters. The van der Waals surface area contributed by atoms with Crippen LogP contribution in [0.25, 0.3) is 5.82 Å². The molecule has 0 saturated heterocycles. The maximum absolute atomic E-state index is 12.9. The van der Waals surface area contributed by atoms with Gasteiger partial charge < -0.3 is 10.1 Å². The number of ether oxygens (including phenoxy) is 1. The molecule has 3 aromatic heterocycles. The number of benzene rings is 1. The number of hydrogen-bond acceptors (Lipinski definition) is 5. The summed E-state index contributed by atoms with van der Waals surface area (Å²) >= 11 is 0. The summed E-state index contributed by atoms with van der Waals surface area (Å²) in [5.41, 5.74) is 3.38. The Balaban J connectivity index is 1.39. The number of amides is 1. The van der Waals surface area contributed by atoms with Crippen molar-refractivity contribution in [1.82, 2.24) is 25.1 Å². The summed E-state index contributed by atoms with van der Waals surface area (Å²) in [5.74, 6) is 1.41. The standard InChI is InChI=1S/C25H25N5O2/c1-18(2)24-22(16-29-30(24)23-7-3-4-13-27-23)25(31)28-15-19-8-10-21(11-9-19)32-17-20-6-5-12-26-14-20/h3-14,16,18H,15,17H2,1-2H3,(H,28,31). The highest BCUT2D eigenvalue weighted by atomic mass is 16.5. The molecule has 1 amide bonds. The number of nitrogens with zero attached hydrogens (tertiary/aromatic N) is 4. The van der Waals surface area contributed by atoms with E-state index in [1.54, 1.807) is 29.5 Å². The van der Waals surface area contributed by atoms with E-state index in [1.165, 1.54) is 0 Å². The molecular weight excluding hydrogens is 402 g/mol. The monoisotopic (exact) mass is 427 g/mol. The van der Waals surface area contributed by atoms with E-state index >= 15 is 0 Å². The normalized spacial score (nSPS) is 10.8. The minimum atomic E-state index is -0.159. The van der Waals surface area contributed by atoms with E-state index in [4.69, 9.17) is 4.74 Å². The molecule has 4 aromatic rings. The molecule has 0 radical (unpaired) electrons. The zero-order valence-corrected chi connectivity index (χ0v) is 18.1. The largest absolute Gasteiger partial charge is 0.489 e. The van der Waals surface area contributed by atoms with Gasteiger partial charge in [0.2, 0.25) is 0 Å². The third-order valence-corrected chi connectivity index (χ3v) is 4.97. The summed E-state index contributed by atoms with van der Waals surface area (Å²) in [4.78, 5) is 21.3. The Labute approximate surface area is 187 Å². The van der Waals surface area contributed by atoms with Crippen LogP contribution in [0.5, 0.6) is 5.75 Å². The van der Waals surface area contributed by atoms with Crippen molar-refractivity contribution in [1.29, 1.82) is 0 Å². The van der Waals surface area contributed by atoms with Crippen molar-refractivity contribution in [2.24, 2.45) is 0 Å². The Kier molecular flexibility index (Phi) is 6.55. The number of rotatable bonds is 8. The third kappa shape index (κ3) is 5.00. The summed E-state index contributed by atoms with van der Waals surface area (Å²) in [6, 6.07) is 17.2. The molecule has 0 fully saturated rings. The molecule has 0 aliphatic heterocycles. The van der Waals surface area contributed by atoms with Gasteiger partial charge >= 0.3 is 0 Å². The highest BCUT2D eigenvalue weighted by molar-refractivity contribution is 5.95. The lowest BCUT2D eigenvalue weighted by molar-refractivity contribution is 0.0949. The number of nitrogens with one attached hydrogen (secondary N) is 1. The van der Waals surface area contributed by atoms with Gasteiger partial charge in [0.25, 0.3) is 5.91 Å². The molecule has 3 heterocycles. The molecule has 32 heavy (non-hydrogen) atoms. The molecule has 0 aliphatic carbocycles. The van der Waals surface area contributed by atoms with Crippen LogP contribution >= 0.6 is 0 Å². The lowest BCUT2D eigenvalue weighted by Gasteiger charge is -2.12. The fraction of sp³-hybridized carbons (Fsp3) is 0.200. The second kappa shape index (κ2) is 9.87. The van der Waals surface area contributed by atoms with E-state index in [2.05, 4.69) is 20.4 Å². The minimum Gasteiger partial charge on any atom is -0.489 e. The van der Waals surface area contributed by atoms with Crippen molar-refractivity contribution >= 4 is 5.91 Å². The number of carbonyl (C=O) groups is 1. The molecule has 4 rings (SSSR count). The van der Waals surface area contributed by atoms with Crippen LogP contribution in [-0.2, 0) is 13.2 Å². The second-order valence-electron chi connectivity index (χ2n) is 7.67. The van der Waals surface area contributed by atoms with E-state index in [1.807, 2.05) is 68.4 Å². The molecule has 1 N–H and O–H groups in total. The smallest absolute Gasteiger partial charge is 0.255 e. The van der Waals surface area contributed by atoms with E-state index in [0.717, 1.165) is 22.6 Å². The van der Waals surface area contributed by atoms with Crippen molar-refractivity contribution in [2.45, 2.75) is 32.9 Å². The van der Waals surface area contributed by atoms with Gasteiger partial charge in [0.15, 0.2) is 5.82 Å². The Morgan fingerprint density at radius 1 is 1.00 bits per heavy atom. The first-order chi connectivity index (χ1) is 15.6. The van der Waals surface area contributed by atoms with Gasteiger partial charge in [-0.05, 0) is 41.8 Å². The lowest BCUT2D eigenvalue weighted by Crippen LogP contribution is -2.24. The Hall–Kier alpha value is -4.00. The summed E-state index contributed by atoms with van der Waals surface area (Å²) in [6.45, 7) is 4.95. The SMILES string of the molecule is CC(C)c1c(C(=O)NCc2ccc(OCc3cccnc3)cc2)cnn1-c1ccccn1. The average Bonchev–Trinajstić information content (AvgIpc) is 3.29. The van der Waals surface area contributed by atoms with E-state index in [0.29, 0.717) is 24.5 Å². The quantitative estimate of drug-likeness (QED) is 0.454. The highest BCUT2D eigenvalue weighted by Gasteiger charge is 2.21. The fourth-order valence-corrected chi connectivity index (χ4v) is 3.38. The fourth-order valence-electron chi connectivity index (χ4n) is 3.38. The molecule has 0 saturated carbocycles. The minimum absolute atomic E-state index is 0.108. The van der Waals surface area contributed by atoms with Gasteiger partial charge in [-0.3, -0.25) is 9.78 Å². The number of hydrogen-bond donors (Lipinski definition) is 1. The number of aromatic nitrogens is 4.